The molecule has 1 N–H and O–H groups in total. The van der Waals surface area contributed by atoms with Gasteiger partial charge in [0, 0.05) is 31.7 Å². The summed E-state index contributed by atoms with van der Waals surface area (Å²) in [5.74, 6) is -0.0312. The Hall–Kier alpha value is -2.55. The van der Waals surface area contributed by atoms with Gasteiger partial charge >= 0.3 is 0 Å². The molecule has 0 radical (unpaired) electrons. The van der Waals surface area contributed by atoms with Crippen LogP contribution in [-0.2, 0) is 4.79 Å². The summed E-state index contributed by atoms with van der Waals surface area (Å²) >= 11 is 0. The highest BCUT2D eigenvalue weighted by Gasteiger charge is 1.94. The Morgan fingerprint density at radius 1 is 1.05 bits per heavy atom. The van der Waals surface area contributed by atoms with Crippen LogP contribution in [0.15, 0.2) is 54.7 Å². The van der Waals surface area contributed by atoms with Crippen molar-refractivity contribution in [3.63, 3.8) is 0 Å². The summed E-state index contributed by atoms with van der Waals surface area (Å²) in [5, 5.41) is 0. The van der Waals surface area contributed by atoms with Gasteiger partial charge in [-0.25, -0.2) is 0 Å². The number of aromatic nitrogens is 1. The normalized spacial score (nSPS) is 11.3. The molecule has 0 spiro atoms. The minimum atomic E-state index is -0.0312. The van der Waals surface area contributed by atoms with E-state index < -0.39 is 0 Å². The van der Waals surface area contributed by atoms with Crippen LogP contribution in [0.1, 0.15) is 11.3 Å². The van der Waals surface area contributed by atoms with Crippen molar-refractivity contribution in [2.45, 2.75) is 0 Å². The zero-order valence-electron chi connectivity index (χ0n) is 11.7. The second kappa shape index (κ2) is 6.57. The third-order valence-corrected chi connectivity index (χ3v) is 2.90. The van der Waals surface area contributed by atoms with Crippen LogP contribution in [0.5, 0.6) is 0 Å². The number of carbonyl (C=O) groups is 1. The van der Waals surface area contributed by atoms with Crippen molar-refractivity contribution < 1.29 is 4.79 Å². The Morgan fingerprint density at radius 3 is 2.35 bits per heavy atom. The molecule has 0 bridgehead atoms. The fraction of sp³-hybridized carbons (Fsp3) is 0.118. The van der Waals surface area contributed by atoms with Crippen LogP contribution in [-0.4, -0.2) is 24.9 Å². The van der Waals surface area contributed by atoms with E-state index in [1.54, 1.807) is 18.2 Å². The minimum absolute atomic E-state index is 0.0312. The monoisotopic (exact) mass is 266 g/mol. The Labute approximate surface area is 119 Å². The van der Waals surface area contributed by atoms with E-state index in [1.807, 2.05) is 67.7 Å². The Balaban J connectivity index is 1.96. The number of nitrogens with one attached hydrogen (secondary N) is 1. The van der Waals surface area contributed by atoms with Gasteiger partial charge in [-0.05, 0) is 48.1 Å². The number of H-pyrrole nitrogens is 1. The summed E-state index contributed by atoms with van der Waals surface area (Å²) in [5.41, 5.74) is 3.07. The third-order valence-electron chi connectivity index (χ3n) is 2.90. The number of nitrogens with zero attached hydrogens (tertiary/aromatic N) is 1. The van der Waals surface area contributed by atoms with Gasteiger partial charge in [0.05, 0.1) is 0 Å². The van der Waals surface area contributed by atoms with E-state index >= 15 is 0 Å². The minimum Gasteiger partial charge on any atom is -0.378 e. The quantitative estimate of drug-likeness (QED) is 0.842. The number of benzene rings is 1. The van der Waals surface area contributed by atoms with E-state index in [2.05, 4.69) is 4.98 Å². The van der Waals surface area contributed by atoms with Gasteiger partial charge in [0.1, 0.15) is 0 Å². The predicted molar refractivity (Wildman–Crippen MR) is 84.6 cm³/mol. The van der Waals surface area contributed by atoms with Crippen LogP contribution in [0, 0.1) is 0 Å². The average molecular weight is 266 g/mol. The number of allylic oxidation sites excluding steroid dienone is 2. The van der Waals surface area contributed by atoms with Crippen molar-refractivity contribution in [3.8, 4) is 0 Å². The lowest BCUT2D eigenvalue weighted by Gasteiger charge is -2.11. The average Bonchev–Trinajstić information content (AvgIpc) is 2.96. The molecule has 1 aromatic heterocycles. The first kappa shape index (κ1) is 13.9. The lowest BCUT2D eigenvalue weighted by molar-refractivity contribution is -0.110. The number of hydrogen-bond acceptors (Lipinski definition) is 2. The molecule has 1 aromatic carbocycles. The zero-order valence-corrected chi connectivity index (χ0v) is 11.7. The van der Waals surface area contributed by atoms with Crippen LogP contribution >= 0.6 is 0 Å². The molecule has 0 fully saturated rings. The van der Waals surface area contributed by atoms with Crippen molar-refractivity contribution >= 4 is 23.6 Å². The third kappa shape index (κ3) is 3.99. The van der Waals surface area contributed by atoms with Crippen LogP contribution in [0.2, 0.25) is 0 Å². The van der Waals surface area contributed by atoms with Crippen LogP contribution in [0.3, 0.4) is 0 Å². The van der Waals surface area contributed by atoms with E-state index in [0.29, 0.717) is 0 Å². The number of rotatable bonds is 5. The molecule has 102 valence electrons. The van der Waals surface area contributed by atoms with E-state index in [4.69, 9.17) is 0 Å². The molecule has 2 aromatic rings. The Kier molecular flexibility index (Phi) is 4.56. The van der Waals surface area contributed by atoms with E-state index in [-0.39, 0.29) is 5.78 Å². The summed E-state index contributed by atoms with van der Waals surface area (Å²) in [6.45, 7) is 0. The van der Waals surface area contributed by atoms with Crippen LogP contribution in [0.4, 0.5) is 5.69 Å². The van der Waals surface area contributed by atoms with Crippen molar-refractivity contribution in [1.29, 1.82) is 0 Å². The highest BCUT2D eigenvalue weighted by atomic mass is 16.1. The van der Waals surface area contributed by atoms with Gasteiger partial charge in [0.25, 0.3) is 0 Å². The molecule has 0 saturated heterocycles. The number of hydrogen-bond donors (Lipinski definition) is 1. The Morgan fingerprint density at radius 2 is 1.75 bits per heavy atom. The molecule has 2 rings (SSSR count). The largest absolute Gasteiger partial charge is 0.378 e. The second-order valence-electron chi connectivity index (χ2n) is 4.68. The predicted octanol–water partition coefficient (Wildman–Crippen LogP) is 3.38. The van der Waals surface area contributed by atoms with E-state index in [9.17, 15) is 4.79 Å². The van der Waals surface area contributed by atoms with Crippen LogP contribution in [0.25, 0.3) is 12.2 Å². The first-order chi connectivity index (χ1) is 9.65. The second-order valence-corrected chi connectivity index (χ2v) is 4.68. The van der Waals surface area contributed by atoms with Crippen molar-refractivity contribution in [3.05, 3.63) is 66.0 Å². The molecule has 0 saturated carbocycles. The summed E-state index contributed by atoms with van der Waals surface area (Å²) in [6.07, 6.45) is 8.54. The maximum Gasteiger partial charge on any atom is 0.178 e. The summed E-state index contributed by atoms with van der Waals surface area (Å²) < 4.78 is 0. The molecule has 0 unspecified atom stereocenters. The summed E-state index contributed by atoms with van der Waals surface area (Å²) in [4.78, 5) is 16.7. The lowest BCUT2D eigenvalue weighted by atomic mass is 10.1. The molecule has 20 heavy (non-hydrogen) atoms. The SMILES string of the molecule is CN(C)c1ccc(/C=C/C(=O)/C=C/c2ccc[nH]2)cc1. The van der Waals surface area contributed by atoms with Gasteiger partial charge in [0.2, 0.25) is 0 Å². The van der Waals surface area contributed by atoms with Gasteiger partial charge in [-0.2, -0.15) is 0 Å². The lowest BCUT2D eigenvalue weighted by Crippen LogP contribution is -2.07. The van der Waals surface area contributed by atoms with Gasteiger partial charge in [-0.15, -0.1) is 0 Å². The first-order valence-corrected chi connectivity index (χ1v) is 6.46. The van der Waals surface area contributed by atoms with Crippen molar-refractivity contribution in [2.24, 2.45) is 0 Å². The number of anilines is 1. The standard InChI is InChI=1S/C17H18N2O/c1-19(2)16-9-5-14(6-10-16)7-11-17(20)12-8-15-4-3-13-18-15/h3-13,18H,1-2H3/b11-7+,12-8+. The van der Waals surface area contributed by atoms with E-state index in [1.165, 1.54) is 0 Å². The van der Waals surface area contributed by atoms with Gasteiger partial charge in [-0.1, -0.05) is 18.2 Å². The maximum absolute atomic E-state index is 11.7. The molecule has 0 aliphatic carbocycles. The van der Waals surface area contributed by atoms with E-state index in [0.717, 1.165) is 16.9 Å². The fourth-order valence-corrected chi connectivity index (χ4v) is 1.74. The Bertz CT molecular complexity index is 605. The fourth-order valence-electron chi connectivity index (χ4n) is 1.74. The smallest absolute Gasteiger partial charge is 0.178 e. The van der Waals surface area contributed by atoms with Crippen molar-refractivity contribution in [2.75, 3.05) is 19.0 Å². The molecule has 3 nitrogen and oxygen atoms in total. The van der Waals surface area contributed by atoms with Crippen molar-refractivity contribution in [1.82, 2.24) is 4.98 Å². The molecular formula is C17H18N2O. The molecule has 0 aliphatic heterocycles. The maximum atomic E-state index is 11.7. The molecule has 1 heterocycles. The molecule has 3 heteroatoms. The summed E-state index contributed by atoms with van der Waals surface area (Å²) in [6, 6.07) is 11.8. The first-order valence-electron chi connectivity index (χ1n) is 6.46. The zero-order chi connectivity index (χ0) is 14.4. The topological polar surface area (TPSA) is 36.1 Å². The highest BCUT2D eigenvalue weighted by Crippen LogP contribution is 2.13. The van der Waals surface area contributed by atoms with Gasteiger partial charge in [0.15, 0.2) is 5.78 Å². The summed E-state index contributed by atoms with van der Waals surface area (Å²) in [7, 11) is 4.00. The van der Waals surface area contributed by atoms with Gasteiger partial charge < -0.3 is 9.88 Å². The molecular weight excluding hydrogens is 248 g/mol. The molecule has 0 aliphatic rings. The highest BCUT2D eigenvalue weighted by molar-refractivity contribution is 6.04. The number of aromatic amines is 1. The van der Waals surface area contributed by atoms with Gasteiger partial charge in [-0.3, -0.25) is 4.79 Å². The molecule has 0 atom stereocenters. The number of ketones is 1. The number of carbonyl (C=O) groups excluding carboxylic acids is 1. The van der Waals surface area contributed by atoms with Crippen LogP contribution < -0.4 is 4.90 Å². The molecule has 0 amide bonds.